The van der Waals surface area contributed by atoms with Crippen molar-refractivity contribution in [3.8, 4) is 5.75 Å². The van der Waals surface area contributed by atoms with Crippen molar-refractivity contribution in [2.24, 2.45) is 0 Å². The van der Waals surface area contributed by atoms with E-state index < -0.39 is 23.4 Å². The van der Waals surface area contributed by atoms with E-state index in [4.69, 9.17) is 14.2 Å². The number of esters is 2. The first-order chi connectivity index (χ1) is 15.9. The Morgan fingerprint density at radius 3 is 2.21 bits per heavy atom. The van der Waals surface area contributed by atoms with E-state index in [-0.39, 0.29) is 26.1 Å². The number of hydrogen-bond acceptors (Lipinski definition) is 6. The fraction of sp³-hybridized carbons (Fsp3) is 0.320. The van der Waals surface area contributed by atoms with Crippen LogP contribution in [-0.4, -0.2) is 48.7 Å². The van der Waals surface area contributed by atoms with Crippen LogP contribution in [0.25, 0.3) is 10.9 Å². The molecule has 0 spiro atoms. The van der Waals surface area contributed by atoms with Crippen molar-refractivity contribution in [1.82, 2.24) is 10.3 Å². The van der Waals surface area contributed by atoms with Gasteiger partial charge in [-0.3, -0.25) is 4.79 Å². The highest BCUT2D eigenvalue weighted by Crippen LogP contribution is 2.31. The molecule has 8 heteroatoms. The SMILES string of the molecule is CCOC(=O)C(Cc1c[nH]c2cccc(OC)c12)(NC(=O)Cc1ccccc1)C(=O)OCC. The number of rotatable bonds is 10. The van der Waals surface area contributed by atoms with E-state index in [1.807, 2.05) is 30.3 Å². The molecule has 0 aliphatic carbocycles. The summed E-state index contributed by atoms with van der Waals surface area (Å²) in [5, 5.41) is 3.35. The van der Waals surface area contributed by atoms with E-state index in [0.717, 1.165) is 11.1 Å². The quantitative estimate of drug-likeness (QED) is 0.362. The van der Waals surface area contributed by atoms with Crippen molar-refractivity contribution in [3.63, 3.8) is 0 Å². The predicted molar refractivity (Wildman–Crippen MR) is 123 cm³/mol. The molecule has 1 heterocycles. The molecule has 33 heavy (non-hydrogen) atoms. The first-order valence-corrected chi connectivity index (χ1v) is 10.8. The van der Waals surface area contributed by atoms with Crippen LogP contribution in [0.2, 0.25) is 0 Å². The highest BCUT2D eigenvalue weighted by atomic mass is 16.6. The average Bonchev–Trinajstić information content (AvgIpc) is 3.22. The fourth-order valence-electron chi connectivity index (χ4n) is 3.76. The number of hydrogen-bond donors (Lipinski definition) is 2. The third-order valence-electron chi connectivity index (χ3n) is 5.23. The monoisotopic (exact) mass is 452 g/mol. The summed E-state index contributed by atoms with van der Waals surface area (Å²) in [7, 11) is 1.54. The lowest BCUT2D eigenvalue weighted by Gasteiger charge is -2.30. The van der Waals surface area contributed by atoms with Crippen LogP contribution in [0.1, 0.15) is 25.0 Å². The Balaban J connectivity index is 2.06. The zero-order valence-corrected chi connectivity index (χ0v) is 19.0. The standard InChI is InChI=1S/C25H28N2O6/c1-4-32-23(29)25(24(30)33-5-2,27-21(28)14-17-10-7-6-8-11-17)15-18-16-26-19-12-9-13-20(31-3)22(18)19/h6-13,16,26H,4-5,14-15H2,1-3H3,(H,27,28). The van der Waals surface area contributed by atoms with Crippen LogP contribution in [0.4, 0.5) is 0 Å². The van der Waals surface area contributed by atoms with Gasteiger partial charge in [0.25, 0.3) is 0 Å². The van der Waals surface area contributed by atoms with Gasteiger partial charge < -0.3 is 24.5 Å². The maximum absolute atomic E-state index is 13.2. The smallest absolute Gasteiger partial charge is 0.344 e. The highest BCUT2D eigenvalue weighted by molar-refractivity contribution is 6.09. The molecule has 1 amide bonds. The first-order valence-electron chi connectivity index (χ1n) is 10.8. The number of benzene rings is 2. The topological polar surface area (TPSA) is 107 Å². The average molecular weight is 453 g/mol. The van der Waals surface area contributed by atoms with Gasteiger partial charge in [0, 0.05) is 23.5 Å². The summed E-state index contributed by atoms with van der Waals surface area (Å²) in [6.07, 6.45) is 1.49. The maximum atomic E-state index is 13.2. The number of amides is 1. The number of ether oxygens (including phenoxy) is 3. The van der Waals surface area contributed by atoms with Crippen LogP contribution >= 0.6 is 0 Å². The van der Waals surface area contributed by atoms with E-state index in [1.54, 1.807) is 38.2 Å². The van der Waals surface area contributed by atoms with E-state index in [9.17, 15) is 14.4 Å². The summed E-state index contributed by atoms with van der Waals surface area (Å²) in [6, 6.07) is 14.5. The van der Waals surface area contributed by atoms with Gasteiger partial charge >= 0.3 is 11.9 Å². The van der Waals surface area contributed by atoms with Crippen LogP contribution in [0.5, 0.6) is 5.75 Å². The van der Waals surface area contributed by atoms with Crippen molar-refractivity contribution < 1.29 is 28.6 Å². The molecule has 0 saturated heterocycles. The second kappa shape index (κ2) is 10.7. The number of carbonyl (C=O) groups excluding carboxylic acids is 3. The van der Waals surface area contributed by atoms with Crippen molar-refractivity contribution in [2.45, 2.75) is 32.2 Å². The van der Waals surface area contributed by atoms with Gasteiger partial charge in [0.05, 0.1) is 26.7 Å². The molecule has 0 aliphatic heterocycles. The molecular formula is C25H28N2O6. The van der Waals surface area contributed by atoms with E-state index >= 15 is 0 Å². The molecule has 0 unspecified atom stereocenters. The van der Waals surface area contributed by atoms with E-state index in [1.165, 1.54) is 7.11 Å². The molecule has 0 atom stereocenters. The summed E-state index contributed by atoms with van der Waals surface area (Å²) < 4.78 is 16.0. The van der Waals surface area contributed by atoms with Gasteiger partial charge in [-0.1, -0.05) is 36.4 Å². The molecule has 3 rings (SSSR count). The maximum Gasteiger partial charge on any atom is 0.344 e. The normalized spacial score (nSPS) is 11.1. The largest absolute Gasteiger partial charge is 0.496 e. The Kier molecular flexibility index (Phi) is 7.71. The first kappa shape index (κ1) is 23.8. The van der Waals surface area contributed by atoms with Crippen LogP contribution < -0.4 is 10.1 Å². The second-order valence-corrected chi connectivity index (χ2v) is 7.43. The van der Waals surface area contributed by atoms with Crippen molar-refractivity contribution in [3.05, 3.63) is 65.9 Å². The molecule has 2 aromatic carbocycles. The number of carbonyl (C=O) groups is 3. The summed E-state index contributed by atoms with van der Waals surface area (Å²) in [4.78, 5) is 42.5. The second-order valence-electron chi connectivity index (χ2n) is 7.43. The minimum atomic E-state index is -2.06. The minimum absolute atomic E-state index is 0.0153. The van der Waals surface area contributed by atoms with Crippen molar-refractivity contribution >= 4 is 28.7 Å². The van der Waals surface area contributed by atoms with Crippen LogP contribution in [0, 0.1) is 0 Å². The van der Waals surface area contributed by atoms with Gasteiger partial charge in [0.2, 0.25) is 11.4 Å². The number of aromatic amines is 1. The molecular weight excluding hydrogens is 424 g/mol. The van der Waals surface area contributed by atoms with Crippen LogP contribution in [-0.2, 0) is 36.7 Å². The molecule has 0 fully saturated rings. The van der Waals surface area contributed by atoms with Gasteiger partial charge in [-0.15, -0.1) is 0 Å². The Morgan fingerprint density at radius 2 is 1.61 bits per heavy atom. The zero-order chi connectivity index (χ0) is 23.8. The van der Waals surface area contributed by atoms with Gasteiger partial charge in [0.1, 0.15) is 5.75 Å². The molecule has 0 aliphatic rings. The lowest BCUT2D eigenvalue weighted by Crippen LogP contribution is -2.63. The third kappa shape index (κ3) is 5.16. The summed E-state index contributed by atoms with van der Waals surface area (Å²) in [6.45, 7) is 3.33. The highest BCUT2D eigenvalue weighted by Gasteiger charge is 2.51. The van der Waals surface area contributed by atoms with E-state index in [2.05, 4.69) is 10.3 Å². The Bertz CT molecular complexity index is 1100. The number of methoxy groups -OCH3 is 1. The van der Waals surface area contributed by atoms with Gasteiger partial charge in [-0.05, 0) is 37.1 Å². The molecule has 0 radical (unpaired) electrons. The molecule has 174 valence electrons. The Labute approximate surface area is 192 Å². The number of nitrogens with one attached hydrogen (secondary N) is 2. The van der Waals surface area contributed by atoms with Crippen molar-refractivity contribution in [2.75, 3.05) is 20.3 Å². The zero-order valence-electron chi connectivity index (χ0n) is 19.0. The molecule has 1 aromatic heterocycles. The Morgan fingerprint density at radius 1 is 0.939 bits per heavy atom. The molecule has 0 bridgehead atoms. The minimum Gasteiger partial charge on any atom is -0.496 e. The summed E-state index contributed by atoms with van der Waals surface area (Å²) in [5.41, 5.74) is 0.0453. The number of fused-ring (bicyclic) bond motifs is 1. The van der Waals surface area contributed by atoms with E-state index in [0.29, 0.717) is 16.7 Å². The molecule has 3 aromatic rings. The van der Waals surface area contributed by atoms with Crippen LogP contribution in [0.3, 0.4) is 0 Å². The van der Waals surface area contributed by atoms with Gasteiger partial charge in [0.15, 0.2) is 0 Å². The lowest BCUT2D eigenvalue weighted by atomic mass is 9.89. The summed E-state index contributed by atoms with van der Waals surface area (Å²) >= 11 is 0. The van der Waals surface area contributed by atoms with Gasteiger partial charge in [-0.25, -0.2) is 9.59 Å². The number of H-pyrrole nitrogens is 1. The lowest BCUT2D eigenvalue weighted by molar-refractivity contribution is -0.168. The van der Waals surface area contributed by atoms with Gasteiger partial charge in [-0.2, -0.15) is 0 Å². The summed E-state index contributed by atoms with van der Waals surface area (Å²) in [5.74, 6) is -1.70. The Hall–Kier alpha value is -3.81. The van der Waals surface area contributed by atoms with Crippen LogP contribution in [0.15, 0.2) is 54.7 Å². The molecule has 0 saturated carbocycles. The number of aromatic nitrogens is 1. The fourth-order valence-corrected chi connectivity index (χ4v) is 3.76. The molecule has 2 N–H and O–H groups in total. The van der Waals surface area contributed by atoms with Crippen molar-refractivity contribution in [1.29, 1.82) is 0 Å². The third-order valence-corrected chi connectivity index (χ3v) is 5.23. The predicted octanol–water partition coefficient (Wildman–Crippen LogP) is 2.94. The molecule has 8 nitrogen and oxygen atoms in total.